The second-order valence-corrected chi connectivity index (χ2v) is 7.51. The number of anilines is 2. The molecule has 1 aromatic heterocycles. The molecule has 0 unspecified atom stereocenters. The zero-order valence-electron chi connectivity index (χ0n) is 14.2. The fraction of sp³-hybridized carbons (Fsp3) is 0.389. The Morgan fingerprint density at radius 1 is 1.38 bits per heavy atom. The van der Waals surface area contributed by atoms with Crippen LogP contribution < -0.4 is 10.6 Å². The third-order valence-electron chi connectivity index (χ3n) is 4.24. The summed E-state index contributed by atoms with van der Waals surface area (Å²) in [5, 5.41) is 0.270. The van der Waals surface area contributed by atoms with E-state index in [1.165, 1.54) is 17.3 Å². The van der Waals surface area contributed by atoms with Gasteiger partial charge in [-0.2, -0.15) is 0 Å². The van der Waals surface area contributed by atoms with Crippen molar-refractivity contribution >= 4 is 29.2 Å². The normalized spacial score (nSPS) is 18.1. The Hall–Kier alpha value is -2.08. The van der Waals surface area contributed by atoms with E-state index in [2.05, 4.69) is 23.0 Å². The predicted octanol–water partition coefficient (Wildman–Crippen LogP) is 3.22. The zero-order chi connectivity index (χ0) is 17.3. The molecule has 24 heavy (non-hydrogen) atoms. The average molecular weight is 342 g/mol. The van der Waals surface area contributed by atoms with Gasteiger partial charge in [0, 0.05) is 23.5 Å². The number of hydrogen-bond donors (Lipinski definition) is 1. The van der Waals surface area contributed by atoms with E-state index in [0.29, 0.717) is 11.0 Å². The van der Waals surface area contributed by atoms with Crippen molar-refractivity contribution < 1.29 is 4.79 Å². The minimum Gasteiger partial charge on any atom is -0.384 e. The molecule has 126 valence electrons. The number of rotatable bonds is 3. The van der Waals surface area contributed by atoms with E-state index in [1.54, 1.807) is 6.07 Å². The highest BCUT2D eigenvalue weighted by atomic mass is 32.2. The van der Waals surface area contributed by atoms with Crippen molar-refractivity contribution in [2.45, 2.75) is 50.1 Å². The zero-order valence-corrected chi connectivity index (χ0v) is 15.0. The van der Waals surface area contributed by atoms with Gasteiger partial charge in [-0.25, -0.2) is 9.97 Å². The molecule has 1 aromatic carbocycles. The standard InChI is InChI=1S/C18H22N4OS/c1-11-10-16(19)21-18(20-11)24-13(3)17(23)22-12(2)8-9-14-6-4-5-7-15(14)22/h4-7,10,12-13H,8-9H2,1-3H3,(H2,19,20,21)/t12-,13+/m0/s1. The van der Waals surface area contributed by atoms with Crippen molar-refractivity contribution in [2.75, 3.05) is 10.6 Å². The first-order valence-corrected chi connectivity index (χ1v) is 9.02. The van der Waals surface area contributed by atoms with Crippen LogP contribution in [-0.2, 0) is 11.2 Å². The molecule has 5 nitrogen and oxygen atoms in total. The summed E-state index contributed by atoms with van der Waals surface area (Å²) in [5.41, 5.74) is 8.85. The Kier molecular flexibility index (Phi) is 4.76. The fourth-order valence-corrected chi connectivity index (χ4v) is 3.93. The lowest BCUT2D eigenvalue weighted by atomic mass is 9.96. The van der Waals surface area contributed by atoms with Gasteiger partial charge in [-0.15, -0.1) is 0 Å². The van der Waals surface area contributed by atoms with Gasteiger partial charge < -0.3 is 10.6 Å². The van der Waals surface area contributed by atoms with Crippen LogP contribution in [0.25, 0.3) is 0 Å². The second kappa shape index (κ2) is 6.81. The summed E-state index contributed by atoms with van der Waals surface area (Å²) in [6.45, 7) is 5.88. The SMILES string of the molecule is Cc1cc(N)nc(S[C@H](C)C(=O)N2c3ccccc3CC[C@@H]2C)n1. The van der Waals surface area contributed by atoms with Gasteiger partial charge in [-0.3, -0.25) is 4.79 Å². The molecule has 6 heteroatoms. The van der Waals surface area contributed by atoms with E-state index in [0.717, 1.165) is 24.2 Å². The number of nitrogen functional groups attached to an aromatic ring is 1. The quantitative estimate of drug-likeness (QED) is 0.685. The number of nitrogens with zero attached hydrogens (tertiary/aromatic N) is 3. The molecule has 2 heterocycles. The van der Waals surface area contributed by atoms with Crippen LogP contribution in [0.1, 0.15) is 31.5 Å². The number of thioether (sulfide) groups is 1. The number of carbonyl (C=O) groups is 1. The summed E-state index contributed by atoms with van der Waals surface area (Å²) in [6.07, 6.45) is 1.99. The van der Waals surface area contributed by atoms with Crippen LogP contribution in [0, 0.1) is 6.92 Å². The van der Waals surface area contributed by atoms with Crippen LogP contribution in [0.15, 0.2) is 35.5 Å². The largest absolute Gasteiger partial charge is 0.384 e. The molecule has 1 aliphatic heterocycles. The third-order valence-corrected chi connectivity index (χ3v) is 5.19. The highest BCUT2D eigenvalue weighted by Crippen LogP contribution is 2.33. The number of para-hydroxylation sites is 1. The monoisotopic (exact) mass is 342 g/mol. The van der Waals surface area contributed by atoms with Crippen LogP contribution in [-0.4, -0.2) is 27.2 Å². The number of fused-ring (bicyclic) bond motifs is 1. The van der Waals surface area contributed by atoms with Crippen molar-refractivity contribution in [3.63, 3.8) is 0 Å². The summed E-state index contributed by atoms with van der Waals surface area (Å²) < 4.78 is 0. The molecule has 1 aliphatic rings. The Morgan fingerprint density at radius 3 is 2.88 bits per heavy atom. The van der Waals surface area contributed by atoms with Gasteiger partial charge >= 0.3 is 0 Å². The first-order chi connectivity index (χ1) is 11.5. The van der Waals surface area contributed by atoms with E-state index in [9.17, 15) is 4.79 Å². The van der Waals surface area contributed by atoms with Crippen molar-refractivity contribution in [2.24, 2.45) is 0 Å². The molecule has 0 aliphatic carbocycles. The number of hydrogen-bond acceptors (Lipinski definition) is 5. The first-order valence-electron chi connectivity index (χ1n) is 8.14. The summed E-state index contributed by atoms with van der Waals surface area (Å²) in [4.78, 5) is 23.6. The van der Waals surface area contributed by atoms with Crippen LogP contribution in [0.3, 0.4) is 0 Å². The Morgan fingerprint density at radius 2 is 2.12 bits per heavy atom. The van der Waals surface area contributed by atoms with Gasteiger partial charge in [0.15, 0.2) is 5.16 Å². The second-order valence-electron chi connectivity index (χ2n) is 6.20. The molecule has 3 rings (SSSR count). The van der Waals surface area contributed by atoms with Crippen molar-refractivity contribution in [3.05, 3.63) is 41.6 Å². The number of aryl methyl sites for hydroxylation is 2. The summed E-state index contributed by atoms with van der Waals surface area (Å²) in [6, 6.07) is 10.1. The van der Waals surface area contributed by atoms with Gasteiger partial charge in [0.05, 0.1) is 5.25 Å². The van der Waals surface area contributed by atoms with Gasteiger partial charge in [-0.05, 0) is 45.2 Å². The van der Waals surface area contributed by atoms with E-state index in [1.807, 2.05) is 36.9 Å². The molecule has 0 saturated heterocycles. The molecule has 0 radical (unpaired) electrons. The Bertz CT molecular complexity index is 744. The number of aromatic nitrogens is 2. The van der Waals surface area contributed by atoms with E-state index < -0.39 is 0 Å². The minimum atomic E-state index is -0.278. The topological polar surface area (TPSA) is 72.1 Å². The van der Waals surface area contributed by atoms with Crippen LogP contribution in [0.4, 0.5) is 11.5 Å². The maximum absolute atomic E-state index is 13.1. The highest BCUT2D eigenvalue weighted by Gasteiger charge is 2.31. The van der Waals surface area contributed by atoms with Crippen LogP contribution in [0.2, 0.25) is 0 Å². The van der Waals surface area contributed by atoms with Crippen molar-refractivity contribution in [1.29, 1.82) is 0 Å². The summed E-state index contributed by atoms with van der Waals surface area (Å²) >= 11 is 1.36. The lowest BCUT2D eigenvalue weighted by Crippen LogP contribution is -2.45. The van der Waals surface area contributed by atoms with Crippen molar-refractivity contribution in [3.8, 4) is 0 Å². The van der Waals surface area contributed by atoms with Gasteiger partial charge in [0.2, 0.25) is 5.91 Å². The molecule has 1 amide bonds. The third kappa shape index (κ3) is 3.38. The summed E-state index contributed by atoms with van der Waals surface area (Å²) in [7, 11) is 0. The molecule has 0 fully saturated rings. The molecule has 0 saturated carbocycles. The Balaban J connectivity index is 1.83. The van der Waals surface area contributed by atoms with Crippen LogP contribution >= 0.6 is 11.8 Å². The molecule has 0 bridgehead atoms. The molecular formula is C18H22N4OS. The maximum Gasteiger partial charge on any atom is 0.240 e. The average Bonchev–Trinajstić information content (AvgIpc) is 2.53. The molecule has 2 N–H and O–H groups in total. The number of carbonyl (C=O) groups excluding carboxylic acids is 1. The fourth-order valence-electron chi connectivity index (χ4n) is 3.05. The van der Waals surface area contributed by atoms with E-state index in [4.69, 9.17) is 5.73 Å². The van der Waals surface area contributed by atoms with Gasteiger partial charge in [0.1, 0.15) is 5.82 Å². The van der Waals surface area contributed by atoms with Gasteiger partial charge in [0.25, 0.3) is 0 Å². The van der Waals surface area contributed by atoms with E-state index in [-0.39, 0.29) is 17.2 Å². The summed E-state index contributed by atoms with van der Waals surface area (Å²) in [5.74, 6) is 0.518. The smallest absolute Gasteiger partial charge is 0.240 e. The van der Waals surface area contributed by atoms with Gasteiger partial charge in [-0.1, -0.05) is 30.0 Å². The molecular weight excluding hydrogens is 320 g/mol. The minimum absolute atomic E-state index is 0.0864. The first kappa shape index (κ1) is 16.8. The number of nitrogens with two attached hydrogens (primary N) is 1. The van der Waals surface area contributed by atoms with E-state index >= 15 is 0 Å². The lowest BCUT2D eigenvalue weighted by Gasteiger charge is -2.36. The van der Waals surface area contributed by atoms with Crippen LogP contribution in [0.5, 0.6) is 0 Å². The molecule has 2 aromatic rings. The molecule has 0 spiro atoms. The van der Waals surface area contributed by atoms with Crippen molar-refractivity contribution in [1.82, 2.24) is 9.97 Å². The predicted molar refractivity (Wildman–Crippen MR) is 98.2 cm³/mol. The molecule has 2 atom stereocenters. The Labute approximate surface area is 146 Å². The highest BCUT2D eigenvalue weighted by molar-refractivity contribution is 8.00. The number of amides is 1. The lowest BCUT2D eigenvalue weighted by molar-refractivity contribution is -0.118. The number of benzene rings is 1. The maximum atomic E-state index is 13.1.